The Morgan fingerprint density at radius 2 is 0.587 bits per heavy atom. The molecular formula is C48H60N8O19. The zero-order chi connectivity index (χ0) is 55.5. The summed E-state index contributed by atoms with van der Waals surface area (Å²) in [5, 5.41) is 136. The van der Waals surface area contributed by atoms with Gasteiger partial charge in [0.25, 0.3) is 23.6 Å². The van der Waals surface area contributed by atoms with Gasteiger partial charge in [0.2, 0.25) is 17.7 Å². The summed E-state index contributed by atoms with van der Waals surface area (Å²) < 4.78 is 0. The van der Waals surface area contributed by atoms with E-state index in [4.69, 9.17) is 5.73 Å². The van der Waals surface area contributed by atoms with Gasteiger partial charge in [-0.1, -0.05) is 0 Å². The van der Waals surface area contributed by atoms with E-state index in [0.29, 0.717) is 0 Å². The zero-order valence-electron chi connectivity index (χ0n) is 40.1. The number of nitrogens with two attached hydrogens (primary N) is 1. The predicted octanol–water partition coefficient (Wildman–Crippen LogP) is 0.0976. The average molecular weight is 1050 g/mol. The number of hydrogen-bond donors (Lipinski definition) is 20. The third kappa shape index (κ3) is 16.9. The average Bonchev–Trinajstić information content (AvgIpc) is 3.37. The van der Waals surface area contributed by atoms with Crippen molar-refractivity contribution in [3.05, 3.63) is 70.8 Å². The van der Waals surface area contributed by atoms with E-state index in [1.165, 1.54) is 0 Å². The summed E-state index contributed by atoms with van der Waals surface area (Å²) in [4.78, 5) is 92.5. The fraction of sp³-hybridized carbons (Fsp3) is 0.354. The van der Waals surface area contributed by atoms with E-state index in [9.17, 15) is 94.8 Å². The number of nitrogens with one attached hydrogen (secondary N) is 7. The highest BCUT2D eigenvalue weighted by molar-refractivity contribution is 6.00. The second-order valence-electron chi connectivity index (χ2n) is 16.9. The van der Waals surface area contributed by atoms with Gasteiger partial charge in [0, 0.05) is 55.0 Å². The second kappa shape index (κ2) is 27.5. The number of phenols is 12. The SMILES string of the molecule is NCCNC(=O)C(CCCCNC(=O)[C@@H](CCCCNC(=O)c1cc(O)c(O)c(O)c1)NC(=O)c1cc(O)c(O)c(O)c1)NC(=O)[C@@H](CCCCNC(=O)c1cc(O)c(O)c(O)c1)NC(=O)c1cc(O)c(O)c(O)c1. The van der Waals surface area contributed by atoms with Crippen LogP contribution < -0.4 is 43.0 Å². The molecule has 0 radical (unpaired) electrons. The number of hydrogen-bond acceptors (Lipinski definition) is 20. The third-order valence-corrected chi connectivity index (χ3v) is 11.3. The lowest BCUT2D eigenvalue weighted by atomic mass is 10.0. The number of amides is 7. The first-order valence-corrected chi connectivity index (χ1v) is 23.3. The Morgan fingerprint density at radius 1 is 0.333 bits per heavy atom. The lowest BCUT2D eigenvalue weighted by Crippen LogP contribution is -2.54. The number of carbonyl (C=O) groups is 7. The molecule has 0 spiro atoms. The number of unbranched alkanes of at least 4 members (excludes halogenated alkanes) is 3. The van der Waals surface area contributed by atoms with Crippen LogP contribution in [0.4, 0.5) is 0 Å². The van der Waals surface area contributed by atoms with Crippen molar-refractivity contribution < 1.29 is 94.8 Å². The van der Waals surface area contributed by atoms with Gasteiger partial charge in [0.1, 0.15) is 18.1 Å². The Balaban J connectivity index is 1.40. The molecule has 0 saturated heterocycles. The molecule has 27 nitrogen and oxygen atoms in total. The maximum Gasteiger partial charge on any atom is 0.252 e. The van der Waals surface area contributed by atoms with Crippen molar-refractivity contribution in [2.75, 3.05) is 32.7 Å². The van der Waals surface area contributed by atoms with Crippen LogP contribution in [0.25, 0.3) is 0 Å². The summed E-state index contributed by atoms with van der Waals surface area (Å²) >= 11 is 0. The van der Waals surface area contributed by atoms with Gasteiger partial charge in [0.15, 0.2) is 69.0 Å². The van der Waals surface area contributed by atoms with Gasteiger partial charge in [-0.15, -0.1) is 0 Å². The summed E-state index contributed by atoms with van der Waals surface area (Å²) in [6.45, 7) is 0.0431. The summed E-state index contributed by atoms with van der Waals surface area (Å²) in [5.41, 5.74) is 4.60. The van der Waals surface area contributed by atoms with Crippen LogP contribution in [0.15, 0.2) is 48.5 Å². The summed E-state index contributed by atoms with van der Waals surface area (Å²) in [6, 6.07) is 3.27. The molecule has 0 fully saturated rings. The Morgan fingerprint density at radius 3 is 0.893 bits per heavy atom. The normalized spacial score (nSPS) is 12.1. The number of benzene rings is 4. The lowest BCUT2D eigenvalue weighted by Gasteiger charge is -2.24. The summed E-state index contributed by atoms with van der Waals surface area (Å²) in [6.07, 6.45) is 1.03. The Kier molecular flexibility index (Phi) is 21.4. The highest BCUT2D eigenvalue weighted by Crippen LogP contribution is 2.38. The number of aromatic hydroxyl groups is 12. The number of carbonyl (C=O) groups excluding carboxylic acids is 7. The van der Waals surface area contributed by atoms with Crippen LogP contribution in [-0.2, 0) is 14.4 Å². The molecule has 7 amide bonds. The van der Waals surface area contributed by atoms with Crippen LogP contribution in [0, 0.1) is 0 Å². The molecule has 406 valence electrons. The van der Waals surface area contributed by atoms with Gasteiger partial charge >= 0.3 is 0 Å². The minimum atomic E-state index is -1.39. The van der Waals surface area contributed by atoms with Crippen LogP contribution in [0.1, 0.15) is 99.2 Å². The van der Waals surface area contributed by atoms with E-state index in [1.807, 2.05) is 0 Å². The Bertz CT molecular complexity index is 2650. The molecule has 0 saturated carbocycles. The molecule has 1 unspecified atom stereocenters. The first-order chi connectivity index (χ1) is 35.5. The largest absolute Gasteiger partial charge is 0.504 e. The molecule has 0 aliphatic rings. The van der Waals surface area contributed by atoms with Crippen LogP contribution in [0.5, 0.6) is 69.0 Å². The minimum Gasteiger partial charge on any atom is -0.504 e. The zero-order valence-corrected chi connectivity index (χ0v) is 40.1. The van der Waals surface area contributed by atoms with Crippen molar-refractivity contribution in [3.8, 4) is 69.0 Å². The van der Waals surface area contributed by atoms with Crippen LogP contribution in [-0.4, -0.2) is 153 Å². The molecule has 0 aliphatic carbocycles. The van der Waals surface area contributed by atoms with E-state index in [0.717, 1.165) is 48.5 Å². The highest BCUT2D eigenvalue weighted by Gasteiger charge is 2.28. The van der Waals surface area contributed by atoms with Crippen molar-refractivity contribution in [1.82, 2.24) is 37.2 Å². The summed E-state index contributed by atoms with van der Waals surface area (Å²) in [5.74, 6) is -15.1. The van der Waals surface area contributed by atoms with E-state index in [1.54, 1.807) is 0 Å². The topological polar surface area (TPSA) is 472 Å². The molecule has 0 bridgehead atoms. The second-order valence-corrected chi connectivity index (χ2v) is 16.9. The smallest absolute Gasteiger partial charge is 0.252 e. The maximum absolute atomic E-state index is 13.9. The van der Waals surface area contributed by atoms with Gasteiger partial charge in [-0.25, -0.2) is 0 Å². The van der Waals surface area contributed by atoms with Crippen molar-refractivity contribution in [2.24, 2.45) is 5.73 Å². The molecule has 0 aromatic heterocycles. The molecule has 0 aliphatic heterocycles. The lowest BCUT2D eigenvalue weighted by molar-refractivity contribution is -0.130. The van der Waals surface area contributed by atoms with Gasteiger partial charge in [-0.05, 0) is 106 Å². The van der Waals surface area contributed by atoms with E-state index in [2.05, 4.69) is 37.2 Å². The van der Waals surface area contributed by atoms with Crippen LogP contribution >= 0.6 is 0 Å². The van der Waals surface area contributed by atoms with E-state index >= 15 is 0 Å². The molecule has 27 heteroatoms. The number of rotatable bonds is 27. The van der Waals surface area contributed by atoms with Crippen LogP contribution in [0.2, 0.25) is 0 Å². The fourth-order valence-corrected chi connectivity index (χ4v) is 7.18. The Hall–Kier alpha value is -9.27. The number of phenolic OH excluding ortho intramolecular Hbond substituents is 12. The van der Waals surface area contributed by atoms with Crippen molar-refractivity contribution >= 4 is 41.4 Å². The molecular weight excluding hydrogens is 993 g/mol. The van der Waals surface area contributed by atoms with Gasteiger partial charge in [0.05, 0.1) is 0 Å². The molecule has 21 N–H and O–H groups in total. The summed E-state index contributed by atoms with van der Waals surface area (Å²) in [7, 11) is 0. The van der Waals surface area contributed by atoms with Gasteiger partial charge in [-0.2, -0.15) is 0 Å². The molecule has 4 aromatic rings. The van der Waals surface area contributed by atoms with Crippen LogP contribution in [0.3, 0.4) is 0 Å². The molecule has 4 rings (SSSR count). The first kappa shape index (κ1) is 58.3. The highest BCUT2D eigenvalue weighted by atomic mass is 16.3. The predicted molar refractivity (Wildman–Crippen MR) is 261 cm³/mol. The quantitative estimate of drug-likeness (QED) is 0.0278. The minimum absolute atomic E-state index is 0.00611. The first-order valence-electron chi connectivity index (χ1n) is 23.3. The standard InChI is InChI=1S/C48H60N8O19/c49-10-14-53-47(74)28(56-48(75)29(55-45(72)26-21-36(63)41(68)37(64)22-26)9-3-5-12-51-43(70)24-17-32(59)39(66)33(60)18-24)8-2-6-13-52-46(73)27(54-44(71)25-19-34(61)40(67)35(62)20-25)7-1-4-11-50-42(69)23-15-30(57)38(65)31(58)16-23/h15-22,27-29,57-68H,1-14,49H2,(H,50,69)(H,51,70)(H,52,73)(H,53,74)(H,54,71)(H,55,72)(H,56,75)/t27-,28?,29-/m1/s1. The molecule has 3 atom stereocenters. The van der Waals surface area contributed by atoms with Crippen molar-refractivity contribution in [3.63, 3.8) is 0 Å². The monoisotopic (exact) mass is 1050 g/mol. The van der Waals surface area contributed by atoms with E-state index in [-0.39, 0.29) is 113 Å². The van der Waals surface area contributed by atoms with Crippen molar-refractivity contribution in [2.45, 2.75) is 75.9 Å². The fourth-order valence-electron chi connectivity index (χ4n) is 7.18. The molecule has 75 heavy (non-hydrogen) atoms. The Labute approximate surface area is 426 Å². The molecule has 4 aromatic carbocycles. The maximum atomic E-state index is 13.9. The van der Waals surface area contributed by atoms with Gasteiger partial charge in [-0.3, -0.25) is 33.6 Å². The molecule has 0 heterocycles. The third-order valence-electron chi connectivity index (χ3n) is 11.3. The van der Waals surface area contributed by atoms with Gasteiger partial charge < -0.3 is 104 Å². The van der Waals surface area contributed by atoms with Crippen molar-refractivity contribution in [1.29, 1.82) is 0 Å². The van der Waals surface area contributed by atoms with E-state index < -0.39 is 128 Å².